The number of nitrogens with one attached hydrogen (secondary N) is 1. The van der Waals surface area contributed by atoms with Crippen LogP contribution in [0.25, 0.3) is 0 Å². The Balaban J connectivity index is 1.84. The van der Waals surface area contributed by atoms with Gasteiger partial charge in [0.1, 0.15) is 6.61 Å². The van der Waals surface area contributed by atoms with Crippen LogP contribution in [-0.4, -0.2) is 28.7 Å². The van der Waals surface area contributed by atoms with E-state index in [1.54, 1.807) is 6.20 Å². The van der Waals surface area contributed by atoms with Crippen LogP contribution in [0.5, 0.6) is 6.01 Å². The van der Waals surface area contributed by atoms with Gasteiger partial charge in [-0.25, -0.2) is 4.98 Å². The summed E-state index contributed by atoms with van der Waals surface area (Å²) in [5.74, 6) is 0. The lowest BCUT2D eigenvalue weighted by molar-refractivity contribution is 0.247. The van der Waals surface area contributed by atoms with Gasteiger partial charge < -0.3 is 14.6 Å². The van der Waals surface area contributed by atoms with Crippen LogP contribution in [0.15, 0.2) is 12.4 Å². The molecule has 4 heteroatoms. The molecule has 0 aliphatic carbocycles. The van der Waals surface area contributed by atoms with E-state index < -0.39 is 0 Å². The van der Waals surface area contributed by atoms with Gasteiger partial charge in [-0.2, -0.15) is 0 Å². The van der Waals surface area contributed by atoms with Crippen molar-refractivity contribution in [1.29, 1.82) is 0 Å². The lowest BCUT2D eigenvalue weighted by atomic mass is 10.2. The van der Waals surface area contributed by atoms with Crippen molar-refractivity contribution in [1.82, 2.24) is 14.9 Å². The number of hydrogen-bond donors (Lipinski definition) is 1. The summed E-state index contributed by atoms with van der Waals surface area (Å²) in [6, 6.07) is 1.25. The molecule has 0 aromatic carbocycles. The summed E-state index contributed by atoms with van der Waals surface area (Å²) in [7, 11) is 0. The zero-order chi connectivity index (χ0) is 9.80. The molecule has 78 valence electrons. The fraction of sp³-hybridized carbons (Fsp3) is 0.700. The minimum atomic E-state index is 0.511. The first-order valence-electron chi connectivity index (χ1n) is 5.27. The van der Waals surface area contributed by atoms with Gasteiger partial charge in [-0.1, -0.05) is 0 Å². The third kappa shape index (κ3) is 2.07. The Morgan fingerprint density at radius 3 is 3.36 bits per heavy atom. The monoisotopic (exact) mass is 195 g/mol. The van der Waals surface area contributed by atoms with Crippen LogP contribution in [0.3, 0.4) is 0 Å². The summed E-state index contributed by atoms with van der Waals surface area (Å²) in [5.41, 5.74) is 0. The normalized spacial score (nSPS) is 21.4. The van der Waals surface area contributed by atoms with Crippen molar-refractivity contribution in [2.75, 3.05) is 13.2 Å². The Morgan fingerprint density at radius 1 is 1.71 bits per heavy atom. The van der Waals surface area contributed by atoms with Crippen molar-refractivity contribution >= 4 is 0 Å². The molecule has 0 saturated carbocycles. The maximum atomic E-state index is 5.64. The first-order chi connectivity index (χ1) is 6.90. The highest BCUT2D eigenvalue weighted by Crippen LogP contribution is 2.10. The fourth-order valence-corrected chi connectivity index (χ4v) is 1.75. The molecular weight excluding hydrogens is 178 g/mol. The van der Waals surface area contributed by atoms with E-state index in [1.807, 2.05) is 10.8 Å². The first-order valence-corrected chi connectivity index (χ1v) is 5.27. The molecule has 1 saturated heterocycles. The topological polar surface area (TPSA) is 39.1 Å². The second-order valence-electron chi connectivity index (χ2n) is 3.60. The van der Waals surface area contributed by atoms with E-state index in [-0.39, 0.29) is 0 Å². The molecule has 1 aliphatic heterocycles. The molecule has 2 rings (SSSR count). The van der Waals surface area contributed by atoms with Crippen molar-refractivity contribution in [3.63, 3.8) is 0 Å². The van der Waals surface area contributed by atoms with E-state index in [9.17, 15) is 0 Å². The van der Waals surface area contributed by atoms with Gasteiger partial charge in [0.05, 0.1) is 0 Å². The second kappa shape index (κ2) is 4.46. The van der Waals surface area contributed by atoms with E-state index in [1.165, 1.54) is 12.8 Å². The summed E-state index contributed by atoms with van der Waals surface area (Å²) >= 11 is 0. The molecular formula is C10H17N3O. The maximum Gasteiger partial charge on any atom is 0.296 e. The Bertz CT molecular complexity index is 279. The van der Waals surface area contributed by atoms with E-state index in [0.29, 0.717) is 6.04 Å². The van der Waals surface area contributed by atoms with Gasteiger partial charge >= 0.3 is 0 Å². The molecule has 4 nitrogen and oxygen atoms in total. The fourth-order valence-electron chi connectivity index (χ4n) is 1.75. The average Bonchev–Trinajstić information content (AvgIpc) is 2.85. The maximum absolute atomic E-state index is 5.64. The number of ether oxygens (including phenoxy) is 1. The first kappa shape index (κ1) is 9.52. The Labute approximate surface area is 84.3 Å². The van der Waals surface area contributed by atoms with Gasteiger partial charge in [-0.3, -0.25) is 0 Å². The van der Waals surface area contributed by atoms with Crippen LogP contribution in [0.2, 0.25) is 0 Å². The minimum Gasteiger partial charge on any atom is -0.463 e. The van der Waals surface area contributed by atoms with Crippen molar-refractivity contribution in [3.05, 3.63) is 12.4 Å². The minimum absolute atomic E-state index is 0.511. The highest BCUT2D eigenvalue weighted by atomic mass is 16.5. The molecule has 0 spiro atoms. The van der Waals surface area contributed by atoms with E-state index >= 15 is 0 Å². The molecule has 1 fully saturated rings. The van der Waals surface area contributed by atoms with Crippen LogP contribution in [-0.2, 0) is 6.54 Å². The zero-order valence-corrected chi connectivity index (χ0v) is 8.57. The van der Waals surface area contributed by atoms with Crippen molar-refractivity contribution in [2.45, 2.75) is 32.4 Å². The number of aryl methyl sites for hydroxylation is 1. The van der Waals surface area contributed by atoms with E-state index in [2.05, 4.69) is 17.2 Å². The summed E-state index contributed by atoms with van der Waals surface area (Å²) in [4.78, 5) is 4.16. The molecule has 1 atom stereocenters. The van der Waals surface area contributed by atoms with Gasteiger partial charge in [0.25, 0.3) is 6.01 Å². The quantitative estimate of drug-likeness (QED) is 0.780. The standard InChI is InChI=1S/C10H17N3O/c1-2-13-7-6-12-10(13)14-8-9-4-3-5-11-9/h6-7,9,11H,2-5,8H2,1H3. The molecule has 1 aromatic heterocycles. The van der Waals surface area contributed by atoms with Crippen LogP contribution in [0, 0.1) is 0 Å². The highest BCUT2D eigenvalue weighted by Gasteiger charge is 2.15. The average molecular weight is 195 g/mol. The van der Waals surface area contributed by atoms with Gasteiger partial charge in [0, 0.05) is 25.0 Å². The van der Waals surface area contributed by atoms with Gasteiger partial charge in [0.2, 0.25) is 0 Å². The molecule has 1 unspecified atom stereocenters. The number of aromatic nitrogens is 2. The SMILES string of the molecule is CCn1ccnc1OCC1CCCN1. The molecule has 0 radical (unpaired) electrons. The third-order valence-electron chi connectivity index (χ3n) is 2.59. The third-order valence-corrected chi connectivity index (χ3v) is 2.59. The van der Waals surface area contributed by atoms with E-state index in [0.717, 1.165) is 25.7 Å². The zero-order valence-electron chi connectivity index (χ0n) is 8.57. The smallest absolute Gasteiger partial charge is 0.296 e. The summed E-state index contributed by atoms with van der Waals surface area (Å²) < 4.78 is 7.65. The van der Waals surface area contributed by atoms with Gasteiger partial charge in [-0.15, -0.1) is 0 Å². The molecule has 1 aliphatic rings. The Hall–Kier alpha value is -1.03. The molecule has 14 heavy (non-hydrogen) atoms. The van der Waals surface area contributed by atoms with Gasteiger partial charge in [-0.05, 0) is 26.3 Å². The molecule has 1 aromatic rings. The van der Waals surface area contributed by atoms with Crippen LogP contribution in [0.4, 0.5) is 0 Å². The Kier molecular flexibility index (Phi) is 3.03. The predicted molar refractivity (Wildman–Crippen MR) is 54.4 cm³/mol. The summed E-state index contributed by atoms with van der Waals surface area (Å²) in [6.07, 6.45) is 6.20. The van der Waals surface area contributed by atoms with Gasteiger partial charge in [0.15, 0.2) is 0 Å². The number of rotatable bonds is 4. The van der Waals surface area contributed by atoms with Crippen molar-refractivity contribution < 1.29 is 4.74 Å². The van der Waals surface area contributed by atoms with Crippen LogP contribution >= 0.6 is 0 Å². The summed E-state index contributed by atoms with van der Waals surface area (Å²) in [5, 5.41) is 3.39. The molecule has 0 bridgehead atoms. The number of nitrogens with zero attached hydrogens (tertiary/aromatic N) is 2. The molecule has 0 amide bonds. The van der Waals surface area contributed by atoms with Crippen LogP contribution in [0.1, 0.15) is 19.8 Å². The molecule has 2 heterocycles. The molecule has 1 N–H and O–H groups in total. The second-order valence-corrected chi connectivity index (χ2v) is 3.60. The predicted octanol–water partition coefficient (Wildman–Crippen LogP) is 1.03. The van der Waals surface area contributed by atoms with E-state index in [4.69, 9.17) is 4.74 Å². The van der Waals surface area contributed by atoms with Crippen molar-refractivity contribution in [2.24, 2.45) is 0 Å². The lowest BCUT2D eigenvalue weighted by Crippen LogP contribution is -2.28. The largest absolute Gasteiger partial charge is 0.463 e. The number of imidazole rings is 1. The Morgan fingerprint density at radius 2 is 2.64 bits per heavy atom. The number of hydrogen-bond acceptors (Lipinski definition) is 3. The van der Waals surface area contributed by atoms with Crippen LogP contribution < -0.4 is 10.1 Å². The van der Waals surface area contributed by atoms with Crippen molar-refractivity contribution in [3.8, 4) is 6.01 Å². The highest BCUT2D eigenvalue weighted by molar-refractivity contribution is 4.98. The summed E-state index contributed by atoms with van der Waals surface area (Å²) in [6.45, 7) is 4.85. The lowest BCUT2D eigenvalue weighted by Gasteiger charge is -2.11.